The number of phenolic OH excluding ortho intramolecular Hbond substituents is 1. The zero-order valence-electron chi connectivity index (χ0n) is 14.5. The average molecular weight is 385 g/mol. The number of rotatable bonds is 6. The van der Waals surface area contributed by atoms with Gasteiger partial charge in [0.25, 0.3) is 5.91 Å². The predicted molar refractivity (Wildman–Crippen MR) is 102 cm³/mol. The monoisotopic (exact) mass is 384 g/mol. The van der Waals surface area contributed by atoms with Crippen molar-refractivity contribution in [3.05, 3.63) is 76.6 Å². The highest BCUT2D eigenvalue weighted by atomic mass is 35.5. The van der Waals surface area contributed by atoms with Crippen molar-refractivity contribution in [3.63, 3.8) is 0 Å². The van der Waals surface area contributed by atoms with Gasteiger partial charge >= 0.3 is 0 Å². The van der Waals surface area contributed by atoms with E-state index in [-0.39, 0.29) is 11.7 Å². The number of carbonyl (C=O) groups excluding carboxylic acids is 1. The fourth-order valence-electron chi connectivity index (χ4n) is 2.41. The molecule has 0 atom stereocenters. The number of nitrogens with zero attached hydrogens (tertiary/aromatic N) is 3. The Morgan fingerprint density at radius 1 is 1.33 bits per heavy atom. The SMILES string of the molecule is COc1cccc(/C=N\NC(=O)c2ccc(Cn3cc(Cl)cn3)cc2)c1O. The first-order valence-corrected chi connectivity index (χ1v) is 8.41. The molecule has 27 heavy (non-hydrogen) atoms. The van der Waals surface area contributed by atoms with E-state index in [1.807, 2.05) is 12.1 Å². The number of phenols is 1. The van der Waals surface area contributed by atoms with Crippen molar-refractivity contribution in [1.82, 2.24) is 15.2 Å². The molecule has 3 rings (SSSR count). The minimum atomic E-state index is -0.359. The Bertz CT molecular complexity index is 967. The van der Waals surface area contributed by atoms with Crippen LogP contribution in [0.25, 0.3) is 0 Å². The van der Waals surface area contributed by atoms with Crippen LogP contribution in [0.1, 0.15) is 21.5 Å². The molecular formula is C19H17ClN4O3. The molecule has 0 aliphatic heterocycles. The molecule has 0 aliphatic carbocycles. The van der Waals surface area contributed by atoms with Gasteiger partial charge in [0.05, 0.1) is 31.1 Å². The quantitative estimate of drug-likeness (QED) is 0.505. The van der Waals surface area contributed by atoms with Gasteiger partial charge in [0.15, 0.2) is 11.5 Å². The molecule has 8 heteroatoms. The molecule has 0 radical (unpaired) electrons. The second-order valence-electron chi connectivity index (χ2n) is 5.65. The molecule has 3 aromatic rings. The number of hydrogen-bond donors (Lipinski definition) is 2. The molecule has 7 nitrogen and oxygen atoms in total. The Labute approximate surface area is 160 Å². The number of hydrazone groups is 1. The Hall–Kier alpha value is -3.32. The molecule has 0 aliphatic rings. The third kappa shape index (κ3) is 4.65. The van der Waals surface area contributed by atoms with Gasteiger partial charge in [-0.2, -0.15) is 10.2 Å². The number of aromatic nitrogens is 2. The molecule has 0 spiro atoms. The number of ether oxygens (including phenoxy) is 1. The predicted octanol–water partition coefficient (Wildman–Crippen LogP) is 3.06. The van der Waals surface area contributed by atoms with Crippen molar-refractivity contribution in [2.24, 2.45) is 5.10 Å². The van der Waals surface area contributed by atoms with Gasteiger partial charge in [0.1, 0.15) is 0 Å². The van der Waals surface area contributed by atoms with Gasteiger partial charge in [-0.15, -0.1) is 0 Å². The first-order chi connectivity index (χ1) is 13.1. The number of carbonyl (C=O) groups is 1. The molecule has 2 aromatic carbocycles. The van der Waals surface area contributed by atoms with Gasteiger partial charge in [0, 0.05) is 17.3 Å². The lowest BCUT2D eigenvalue weighted by molar-refractivity contribution is 0.0955. The van der Waals surface area contributed by atoms with Gasteiger partial charge in [-0.3, -0.25) is 9.48 Å². The number of nitrogens with one attached hydrogen (secondary N) is 1. The summed E-state index contributed by atoms with van der Waals surface area (Å²) >= 11 is 5.84. The normalized spacial score (nSPS) is 10.9. The third-order valence-corrected chi connectivity index (χ3v) is 3.98. The summed E-state index contributed by atoms with van der Waals surface area (Å²) in [6, 6.07) is 12.1. The molecule has 2 N–H and O–H groups in total. The van der Waals surface area contributed by atoms with Crippen LogP contribution >= 0.6 is 11.6 Å². The van der Waals surface area contributed by atoms with E-state index < -0.39 is 0 Å². The first-order valence-electron chi connectivity index (χ1n) is 8.03. The standard InChI is InChI=1S/C19H17ClN4O3/c1-27-17-4-2-3-15(18(17)25)9-21-23-19(26)14-7-5-13(6-8-14)11-24-12-16(20)10-22-24/h2-10,12,25H,11H2,1H3,(H,23,26)/b21-9-. The lowest BCUT2D eigenvalue weighted by atomic mass is 10.1. The highest BCUT2D eigenvalue weighted by molar-refractivity contribution is 6.30. The molecule has 0 saturated carbocycles. The van der Waals surface area contributed by atoms with Crippen molar-refractivity contribution in [2.75, 3.05) is 7.11 Å². The average Bonchev–Trinajstić information content (AvgIpc) is 3.08. The lowest BCUT2D eigenvalue weighted by Crippen LogP contribution is -2.17. The minimum absolute atomic E-state index is 0.0407. The number of para-hydroxylation sites is 1. The Kier molecular flexibility index (Phi) is 5.73. The largest absolute Gasteiger partial charge is 0.504 e. The Morgan fingerprint density at radius 2 is 2.11 bits per heavy atom. The van der Waals surface area contributed by atoms with Crippen LogP contribution in [0.5, 0.6) is 11.5 Å². The lowest BCUT2D eigenvalue weighted by Gasteiger charge is -2.05. The summed E-state index contributed by atoms with van der Waals surface area (Å²) in [6.45, 7) is 0.557. The second kappa shape index (κ2) is 8.37. The number of hydrogen-bond acceptors (Lipinski definition) is 5. The van der Waals surface area contributed by atoms with Crippen LogP contribution in [0.2, 0.25) is 5.02 Å². The maximum absolute atomic E-state index is 12.2. The smallest absolute Gasteiger partial charge is 0.271 e. The van der Waals surface area contributed by atoms with Crippen molar-refractivity contribution < 1.29 is 14.6 Å². The van der Waals surface area contributed by atoms with E-state index in [0.29, 0.717) is 28.4 Å². The zero-order chi connectivity index (χ0) is 19.2. The summed E-state index contributed by atoms with van der Waals surface area (Å²) in [5.74, 6) is -0.0669. The molecule has 0 saturated heterocycles. The van der Waals surface area contributed by atoms with Gasteiger partial charge in [-0.25, -0.2) is 5.43 Å². The molecule has 138 valence electrons. The van der Waals surface area contributed by atoms with E-state index in [1.54, 1.807) is 47.4 Å². The van der Waals surface area contributed by atoms with Crippen molar-refractivity contribution >= 4 is 23.7 Å². The highest BCUT2D eigenvalue weighted by Crippen LogP contribution is 2.27. The van der Waals surface area contributed by atoms with Gasteiger partial charge in [-0.1, -0.05) is 29.8 Å². The number of halogens is 1. The van der Waals surface area contributed by atoms with Crippen LogP contribution in [0.3, 0.4) is 0 Å². The molecule has 1 heterocycles. The zero-order valence-corrected chi connectivity index (χ0v) is 15.2. The van der Waals surface area contributed by atoms with Crippen LogP contribution < -0.4 is 10.2 Å². The molecule has 1 amide bonds. The second-order valence-corrected chi connectivity index (χ2v) is 6.09. The summed E-state index contributed by atoms with van der Waals surface area (Å²) in [5.41, 5.74) is 4.31. The molecule has 1 aromatic heterocycles. The molecule has 0 fully saturated rings. The molecule has 0 unspecified atom stereocenters. The van der Waals surface area contributed by atoms with Crippen molar-refractivity contribution in [1.29, 1.82) is 0 Å². The summed E-state index contributed by atoms with van der Waals surface area (Å²) in [7, 11) is 1.46. The van der Waals surface area contributed by atoms with Crippen LogP contribution in [-0.2, 0) is 6.54 Å². The summed E-state index contributed by atoms with van der Waals surface area (Å²) < 4.78 is 6.74. The molecular weight excluding hydrogens is 368 g/mol. The third-order valence-electron chi connectivity index (χ3n) is 3.78. The van der Waals surface area contributed by atoms with Crippen molar-refractivity contribution in [3.8, 4) is 11.5 Å². The summed E-state index contributed by atoms with van der Waals surface area (Å²) in [5, 5.41) is 18.5. The van der Waals surface area contributed by atoms with Gasteiger partial charge in [-0.05, 0) is 29.8 Å². The Morgan fingerprint density at radius 3 is 2.78 bits per heavy atom. The van der Waals surface area contributed by atoms with Gasteiger partial charge in [0.2, 0.25) is 0 Å². The first kappa shape index (κ1) is 18.5. The topological polar surface area (TPSA) is 88.7 Å². The van der Waals surface area contributed by atoms with Crippen LogP contribution in [-0.4, -0.2) is 34.1 Å². The fourth-order valence-corrected chi connectivity index (χ4v) is 2.56. The van der Waals surface area contributed by atoms with Crippen LogP contribution in [0, 0.1) is 0 Å². The number of amides is 1. The van der Waals surface area contributed by atoms with Crippen LogP contribution in [0.15, 0.2) is 60.0 Å². The van der Waals surface area contributed by atoms with Crippen LogP contribution in [0.4, 0.5) is 0 Å². The van der Waals surface area contributed by atoms with E-state index in [4.69, 9.17) is 16.3 Å². The Balaban J connectivity index is 1.61. The summed E-state index contributed by atoms with van der Waals surface area (Å²) in [6.07, 6.45) is 4.65. The number of benzene rings is 2. The van der Waals surface area contributed by atoms with Crippen molar-refractivity contribution in [2.45, 2.75) is 6.54 Å². The summed E-state index contributed by atoms with van der Waals surface area (Å²) in [4.78, 5) is 12.2. The van der Waals surface area contributed by atoms with E-state index in [1.165, 1.54) is 13.3 Å². The minimum Gasteiger partial charge on any atom is -0.504 e. The molecule has 0 bridgehead atoms. The maximum atomic E-state index is 12.2. The van der Waals surface area contributed by atoms with E-state index >= 15 is 0 Å². The van der Waals surface area contributed by atoms with E-state index in [2.05, 4.69) is 15.6 Å². The van der Waals surface area contributed by atoms with E-state index in [0.717, 1.165) is 5.56 Å². The fraction of sp³-hybridized carbons (Fsp3) is 0.105. The van der Waals surface area contributed by atoms with E-state index in [9.17, 15) is 9.90 Å². The number of methoxy groups -OCH3 is 1. The van der Waals surface area contributed by atoms with Gasteiger partial charge < -0.3 is 9.84 Å². The highest BCUT2D eigenvalue weighted by Gasteiger charge is 2.07. The maximum Gasteiger partial charge on any atom is 0.271 e. The number of aromatic hydroxyl groups is 1.